The van der Waals surface area contributed by atoms with E-state index in [0.717, 1.165) is 104 Å². The SMILES string of the molecule is CC1CCC(C(C)(C)C2CCC(OC(=O)OCCC3CC(CC4C(CCOC(=O)OC5CCC(C(C)(C)C6CCC(C)CC6)CC5)CCC(n5nc6ccccc6n5)C4O)C(O)C(n4nc5ccccc5n4)C3)CC2)CC1. The number of carbonyl (C=O) groups is 2. The van der Waals surface area contributed by atoms with Gasteiger partial charge in [0.25, 0.3) is 0 Å². The zero-order chi connectivity index (χ0) is 53.8. The molecule has 6 fully saturated rings. The zero-order valence-electron chi connectivity index (χ0n) is 47.6. The van der Waals surface area contributed by atoms with E-state index in [2.05, 4.69) is 41.5 Å². The molecular weight excluding hydrogens is 969 g/mol. The number of carbonyl (C=O) groups excluding carboxylic acids is 2. The lowest BCUT2D eigenvalue weighted by atomic mass is 9.60. The van der Waals surface area contributed by atoms with Gasteiger partial charge in [-0.2, -0.15) is 30.0 Å². The molecule has 2 N–H and O–H groups in total. The smallest absolute Gasteiger partial charge is 0.434 e. The van der Waals surface area contributed by atoms with Crippen LogP contribution in [-0.4, -0.2) is 90.1 Å². The number of hydrogen-bond donors (Lipinski definition) is 2. The zero-order valence-corrected chi connectivity index (χ0v) is 47.6. The van der Waals surface area contributed by atoms with Crippen molar-refractivity contribution in [1.29, 1.82) is 0 Å². The summed E-state index contributed by atoms with van der Waals surface area (Å²) in [5.74, 6) is 4.05. The average molecular weight is 1060 g/mol. The van der Waals surface area contributed by atoms with Gasteiger partial charge in [0.1, 0.15) is 34.3 Å². The first-order valence-electron chi connectivity index (χ1n) is 30.7. The second kappa shape index (κ2) is 24.6. The van der Waals surface area contributed by atoms with Gasteiger partial charge in [0.15, 0.2) is 0 Å². The molecule has 0 radical (unpaired) electrons. The van der Waals surface area contributed by atoms with Crippen molar-refractivity contribution < 1.29 is 38.7 Å². The number of ether oxygens (including phenoxy) is 4. The molecule has 0 amide bonds. The van der Waals surface area contributed by atoms with Gasteiger partial charge in [-0.15, -0.1) is 0 Å². The first-order chi connectivity index (χ1) is 37.1. The molecule has 4 aromatic rings. The molecule has 10 rings (SSSR count). The Morgan fingerprint density at radius 2 is 0.909 bits per heavy atom. The highest BCUT2D eigenvalue weighted by molar-refractivity contribution is 5.73. The van der Waals surface area contributed by atoms with Crippen LogP contribution in [0.4, 0.5) is 9.59 Å². The summed E-state index contributed by atoms with van der Waals surface area (Å²) >= 11 is 0. The highest BCUT2D eigenvalue weighted by Gasteiger charge is 2.47. The van der Waals surface area contributed by atoms with Gasteiger partial charge in [-0.25, -0.2) is 9.59 Å². The van der Waals surface area contributed by atoms with Gasteiger partial charge in [-0.1, -0.05) is 91.5 Å². The van der Waals surface area contributed by atoms with Crippen molar-refractivity contribution in [2.45, 2.75) is 226 Å². The van der Waals surface area contributed by atoms with Gasteiger partial charge in [0.05, 0.1) is 37.5 Å². The number of fused-ring (bicyclic) bond motifs is 2. The fourth-order valence-corrected chi connectivity index (χ4v) is 16.3. The Morgan fingerprint density at radius 1 is 0.506 bits per heavy atom. The van der Waals surface area contributed by atoms with Crippen LogP contribution in [-0.2, 0) is 18.9 Å². The Balaban J connectivity index is 0.776. The quantitative estimate of drug-likeness (QED) is 0.102. The van der Waals surface area contributed by atoms with Gasteiger partial charge >= 0.3 is 12.3 Å². The van der Waals surface area contributed by atoms with Crippen LogP contribution in [0.15, 0.2) is 48.5 Å². The van der Waals surface area contributed by atoms with Crippen molar-refractivity contribution in [3.63, 3.8) is 0 Å². The van der Waals surface area contributed by atoms with E-state index < -0.39 is 30.6 Å². The van der Waals surface area contributed by atoms with Crippen LogP contribution in [0.2, 0.25) is 0 Å². The van der Waals surface area contributed by atoms with E-state index in [0.29, 0.717) is 61.2 Å². The number of aromatic nitrogens is 6. The fourth-order valence-electron chi connectivity index (χ4n) is 16.3. The largest absolute Gasteiger partial charge is 0.508 e. The van der Waals surface area contributed by atoms with E-state index in [9.17, 15) is 19.8 Å². The highest BCUT2D eigenvalue weighted by Crippen LogP contribution is 2.52. The van der Waals surface area contributed by atoms with Crippen molar-refractivity contribution in [2.24, 2.45) is 70.0 Å². The highest BCUT2D eigenvalue weighted by atomic mass is 16.7. The number of hydrogen-bond acceptors (Lipinski definition) is 12. The number of aliphatic hydroxyl groups is 2. The van der Waals surface area contributed by atoms with Crippen LogP contribution in [0, 0.1) is 70.0 Å². The third kappa shape index (κ3) is 13.2. The molecule has 8 unspecified atom stereocenters. The summed E-state index contributed by atoms with van der Waals surface area (Å²) in [5.41, 5.74) is 3.66. The van der Waals surface area contributed by atoms with Crippen molar-refractivity contribution in [3.05, 3.63) is 48.5 Å². The normalized spacial score (nSPS) is 34.6. The maximum Gasteiger partial charge on any atom is 0.508 e. The molecule has 2 aromatic heterocycles. The summed E-state index contributed by atoms with van der Waals surface area (Å²) in [6, 6.07) is 14.7. The first kappa shape index (κ1) is 56.0. The summed E-state index contributed by atoms with van der Waals surface area (Å²) < 4.78 is 23.7. The number of nitrogens with zero attached hydrogens (tertiary/aromatic N) is 6. The Bertz CT molecular complexity index is 2460. The number of aliphatic hydroxyl groups excluding tert-OH is 2. The molecule has 77 heavy (non-hydrogen) atoms. The van der Waals surface area contributed by atoms with E-state index in [-0.39, 0.29) is 55.1 Å². The van der Waals surface area contributed by atoms with Gasteiger partial charge < -0.3 is 29.2 Å². The molecule has 2 aromatic carbocycles. The van der Waals surface area contributed by atoms with Crippen LogP contribution >= 0.6 is 0 Å². The van der Waals surface area contributed by atoms with Crippen molar-refractivity contribution in [3.8, 4) is 0 Å². The molecule has 14 heteroatoms. The molecule has 0 spiro atoms. The monoisotopic (exact) mass is 1060 g/mol. The molecule has 424 valence electrons. The summed E-state index contributed by atoms with van der Waals surface area (Å²) in [6.45, 7) is 15.1. The summed E-state index contributed by atoms with van der Waals surface area (Å²) in [6.07, 6.45) is 19.7. The Hall–Kier alpha value is -4.30. The van der Waals surface area contributed by atoms with E-state index in [1.165, 1.54) is 51.4 Å². The number of rotatable bonds is 16. The van der Waals surface area contributed by atoms with Crippen LogP contribution in [0.3, 0.4) is 0 Å². The molecule has 6 aliphatic carbocycles. The lowest BCUT2D eigenvalue weighted by molar-refractivity contribution is -0.0689. The molecule has 2 heterocycles. The van der Waals surface area contributed by atoms with Gasteiger partial charge in [0.2, 0.25) is 0 Å². The standard InChI is InChI=1S/C63H94N6O8/c1-40-15-20-45(21-16-40)62(3,4)47-24-28-49(29-25-47)76-60(72)74-35-33-42-37-44(58(70)57(38-42)69-66-54-13-9-10-14-55(54)67-69)39-51-43(19-32-56(59(51)71)68-64-52-11-7-8-12-53(52)65-68)34-36-75-61(73)77-50-30-26-48(27-31-50)63(5,6)46-22-17-41(2)18-23-46/h7-14,40-51,56-59,70-71H,15-39H2,1-6H3. The molecule has 0 aliphatic heterocycles. The van der Waals surface area contributed by atoms with E-state index >= 15 is 0 Å². The average Bonchev–Trinajstić information content (AvgIpc) is 4.06. The molecule has 14 nitrogen and oxygen atoms in total. The van der Waals surface area contributed by atoms with Crippen LogP contribution in [0.25, 0.3) is 22.1 Å². The van der Waals surface area contributed by atoms with Crippen LogP contribution < -0.4 is 0 Å². The lowest BCUT2D eigenvalue weighted by Gasteiger charge is -2.46. The van der Waals surface area contributed by atoms with Gasteiger partial charge in [0, 0.05) is 0 Å². The van der Waals surface area contributed by atoms with Crippen molar-refractivity contribution in [2.75, 3.05) is 13.2 Å². The molecule has 0 bridgehead atoms. The van der Waals surface area contributed by atoms with Gasteiger partial charge in [-0.05, 0) is 216 Å². The second-order valence-corrected chi connectivity index (χ2v) is 27.0. The Kier molecular flexibility index (Phi) is 17.9. The maximum atomic E-state index is 13.3. The maximum absolute atomic E-state index is 13.3. The molecule has 6 saturated carbocycles. The van der Waals surface area contributed by atoms with Crippen LogP contribution in [0.1, 0.15) is 201 Å². The Labute approximate surface area is 458 Å². The third-order valence-electron chi connectivity index (χ3n) is 21.7. The predicted octanol–water partition coefficient (Wildman–Crippen LogP) is 14.0. The first-order valence-corrected chi connectivity index (χ1v) is 30.7. The summed E-state index contributed by atoms with van der Waals surface area (Å²) in [5, 5.41) is 44.5. The van der Waals surface area contributed by atoms with E-state index in [1.54, 1.807) is 9.59 Å². The van der Waals surface area contributed by atoms with Crippen LogP contribution in [0.5, 0.6) is 0 Å². The predicted molar refractivity (Wildman–Crippen MR) is 298 cm³/mol. The summed E-state index contributed by atoms with van der Waals surface area (Å²) in [4.78, 5) is 30.0. The minimum atomic E-state index is -0.828. The molecule has 0 saturated heterocycles. The van der Waals surface area contributed by atoms with E-state index in [1.807, 2.05) is 48.5 Å². The summed E-state index contributed by atoms with van der Waals surface area (Å²) in [7, 11) is 0. The molecular formula is C63H94N6O8. The van der Waals surface area contributed by atoms with Crippen molar-refractivity contribution in [1.82, 2.24) is 30.0 Å². The Morgan fingerprint density at radius 3 is 1.35 bits per heavy atom. The molecule has 6 aliphatic rings. The lowest BCUT2D eigenvalue weighted by Crippen LogP contribution is -2.46. The van der Waals surface area contributed by atoms with Crippen molar-refractivity contribution >= 4 is 34.4 Å². The molecule has 8 atom stereocenters. The van der Waals surface area contributed by atoms with E-state index in [4.69, 9.17) is 39.3 Å². The fraction of sp³-hybridized carbons (Fsp3) is 0.778. The minimum Gasteiger partial charge on any atom is -0.434 e. The second-order valence-electron chi connectivity index (χ2n) is 27.0. The van der Waals surface area contributed by atoms with Gasteiger partial charge in [-0.3, -0.25) is 0 Å². The third-order valence-corrected chi connectivity index (χ3v) is 21.7. The topological polar surface area (TPSA) is 173 Å². The number of benzene rings is 2. The minimum absolute atomic E-state index is 0.00812.